The second-order valence-electron chi connectivity index (χ2n) is 5.56. The smallest absolute Gasteiger partial charge is 0.406 e. The van der Waals surface area contributed by atoms with E-state index in [-0.39, 0.29) is 24.1 Å². The van der Waals surface area contributed by atoms with Crippen molar-refractivity contribution in [3.8, 4) is 5.75 Å². The van der Waals surface area contributed by atoms with Crippen LogP contribution < -0.4 is 10.1 Å². The van der Waals surface area contributed by atoms with Crippen LogP contribution in [0, 0.1) is 0 Å². The number of nitrogens with zero attached hydrogens (tertiary/aromatic N) is 1. The van der Waals surface area contributed by atoms with Gasteiger partial charge in [0.15, 0.2) is 0 Å². The van der Waals surface area contributed by atoms with Crippen molar-refractivity contribution in [3.05, 3.63) is 52.2 Å². The Labute approximate surface area is 152 Å². The number of carbonyl (C=O) groups is 2. The first-order valence-electron chi connectivity index (χ1n) is 7.60. The van der Waals surface area contributed by atoms with E-state index in [1.54, 1.807) is 31.5 Å². The summed E-state index contributed by atoms with van der Waals surface area (Å²) < 4.78 is 40.2. The molecule has 0 radical (unpaired) electrons. The minimum absolute atomic E-state index is 0.185. The summed E-state index contributed by atoms with van der Waals surface area (Å²) in [4.78, 5) is 26.2. The van der Waals surface area contributed by atoms with Gasteiger partial charge in [-0.15, -0.1) is 24.5 Å². The number of benzene rings is 1. The minimum Gasteiger partial charge on any atom is -0.406 e. The van der Waals surface area contributed by atoms with Crippen LogP contribution in [0.25, 0.3) is 0 Å². The average Bonchev–Trinajstić information content (AvgIpc) is 3.09. The number of thiophene rings is 1. The molecule has 1 unspecified atom stereocenters. The van der Waals surface area contributed by atoms with Crippen molar-refractivity contribution in [1.82, 2.24) is 10.2 Å². The molecule has 2 rings (SSSR count). The molecule has 26 heavy (non-hydrogen) atoms. The van der Waals surface area contributed by atoms with Crippen LogP contribution >= 0.6 is 11.3 Å². The number of hydrogen-bond donors (Lipinski definition) is 1. The van der Waals surface area contributed by atoms with Gasteiger partial charge in [-0.2, -0.15) is 0 Å². The number of alkyl halides is 3. The predicted molar refractivity (Wildman–Crippen MR) is 90.8 cm³/mol. The second kappa shape index (κ2) is 8.22. The van der Waals surface area contributed by atoms with Crippen LogP contribution in [0.1, 0.15) is 22.2 Å². The lowest BCUT2D eigenvalue weighted by atomic mass is 10.2. The first-order chi connectivity index (χ1) is 12.2. The summed E-state index contributed by atoms with van der Waals surface area (Å²) in [6.07, 6.45) is -4.75. The van der Waals surface area contributed by atoms with E-state index >= 15 is 0 Å². The molecule has 140 valence electrons. The Morgan fingerprint density at radius 3 is 2.42 bits per heavy atom. The third-order valence-corrected chi connectivity index (χ3v) is 4.28. The Balaban J connectivity index is 1.90. The number of carbonyl (C=O) groups excluding carboxylic acids is 2. The summed E-state index contributed by atoms with van der Waals surface area (Å²) >= 11 is 1.27. The summed E-state index contributed by atoms with van der Waals surface area (Å²) in [6.45, 7) is 1.76. The summed E-state index contributed by atoms with van der Waals surface area (Å²) in [6, 6.07) is 7.92. The van der Waals surface area contributed by atoms with Gasteiger partial charge in [0, 0.05) is 13.6 Å². The normalized spacial score (nSPS) is 12.3. The van der Waals surface area contributed by atoms with Gasteiger partial charge in [-0.25, -0.2) is 0 Å². The summed E-state index contributed by atoms with van der Waals surface area (Å²) in [5.41, 5.74) is 0.632. The SMILES string of the molecule is CC(NC(=O)c1cccs1)C(=O)N(C)Cc1ccc(OC(F)(F)F)cc1. The molecule has 0 saturated heterocycles. The van der Waals surface area contributed by atoms with Crippen molar-refractivity contribution in [3.63, 3.8) is 0 Å². The molecule has 0 spiro atoms. The lowest BCUT2D eigenvalue weighted by Gasteiger charge is -2.22. The van der Waals surface area contributed by atoms with Crippen molar-refractivity contribution in [2.75, 3.05) is 7.05 Å². The van der Waals surface area contributed by atoms with Crippen LogP contribution in [-0.2, 0) is 11.3 Å². The first-order valence-corrected chi connectivity index (χ1v) is 8.47. The summed E-state index contributed by atoms with van der Waals surface area (Å²) in [5.74, 6) is -0.972. The molecule has 0 fully saturated rings. The monoisotopic (exact) mass is 386 g/mol. The highest BCUT2D eigenvalue weighted by molar-refractivity contribution is 7.12. The maximum Gasteiger partial charge on any atom is 0.573 e. The molecule has 1 atom stereocenters. The fourth-order valence-corrected chi connectivity index (χ4v) is 2.84. The van der Waals surface area contributed by atoms with E-state index in [9.17, 15) is 22.8 Å². The Bertz CT molecular complexity index is 746. The molecular weight excluding hydrogens is 369 g/mol. The number of ether oxygens (including phenoxy) is 1. The van der Waals surface area contributed by atoms with Crippen molar-refractivity contribution in [2.45, 2.75) is 25.9 Å². The topological polar surface area (TPSA) is 58.6 Å². The number of nitrogens with one attached hydrogen (secondary N) is 1. The van der Waals surface area contributed by atoms with Gasteiger partial charge in [0.25, 0.3) is 5.91 Å². The minimum atomic E-state index is -4.75. The van der Waals surface area contributed by atoms with Gasteiger partial charge in [-0.05, 0) is 36.1 Å². The fourth-order valence-electron chi connectivity index (χ4n) is 2.22. The quantitative estimate of drug-likeness (QED) is 0.828. The molecule has 0 aliphatic rings. The van der Waals surface area contributed by atoms with Crippen LogP contribution in [0.15, 0.2) is 41.8 Å². The Morgan fingerprint density at radius 2 is 1.88 bits per heavy atom. The van der Waals surface area contributed by atoms with Crippen LogP contribution in [0.2, 0.25) is 0 Å². The molecule has 1 N–H and O–H groups in total. The molecule has 0 aliphatic carbocycles. The zero-order chi connectivity index (χ0) is 19.3. The summed E-state index contributed by atoms with van der Waals surface area (Å²) in [5, 5.41) is 4.38. The van der Waals surface area contributed by atoms with Gasteiger partial charge in [0.2, 0.25) is 5.91 Å². The van der Waals surface area contributed by atoms with Crippen molar-refractivity contribution in [1.29, 1.82) is 0 Å². The Kier molecular flexibility index (Phi) is 6.25. The molecule has 2 amide bonds. The zero-order valence-corrected chi connectivity index (χ0v) is 14.9. The van der Waals surface area contributed by atoms with Gasteiger partial charge < -0.3 is 15.0 Å². The van der Waals surface area contributed by atoms with Crippen molar-refractivity contribution in [2.24, 2.45) is 0 Å². The third-order valence-electron chi connectivity index (χ3n) is 3.42. The van der Waals surface area contributed by atoms with Gasteiger partial charge in [0.05, 0.1) is 4.88 Å². The molecule has 5 nitrogen and oxygen atoms in total. The van der Waals surface area contributed by atoms with E-state index in [4.69, 9.17) is 0 Å². The molecular formula is C17H17F3N2O3S. The maximum atomic E-state index is 12.3. The largest absolute Gasteiger partial charge is 0.573 e. The molecule has 9 heteroatoms. The maximum absolute atomic E-state index is 12.3. The van der Waals surface area contributed by atoms with Crippen LogP contribution in [0.4, 0.5) is 13.2 Å². The average molecular weight is 386 g/mol. The number of halogens is 3. The lowest BCUT2D eigenvalue weighted by Crippen LogP contribution is -2.45. The van der Waals surface area contributed by atoms with E-state index in [1.807, 2.05) is 0 Å². The molecule has 2 aromatic rings. The number of rotatable bonds is 6. The van der Waals surface area contributed by atoms with Gasteiger partial charge in [-0.3, -0.25) is 9.59 Å². The highest BCUT2D eigenvalue weighted by Gasteiger charge is 2.31. The Morgan fingerprint density at radius 1 is 1.23 bits per heavy atom. The first kappa shape index (κ1) is 19.8. The number of likely N-dealkylation sites (N-methyl/N-ethyl adjacent to an activating group) is 1. The fraction of sp³-hybridized carbons (Fsp3) is 0.294. The van der Waals surface area contributed by atoms with Crippen LogP contribution in [0.3, 0.4) is 0 Å². The zero-order valence-electron chi connectivity index (χ0n) is 14.0. The molecule has 0 aliphatic heterocycles. The van der Waals surface area contributed by atoms with E-state index in [1.165, 1.54) is 40.5 Å². The number of amides is 2. The standard InChI is InChI=1S/C17H17F3N2O3S/c1-11(21-15(23)14-4-3-9-26-14)16(24)22(2)10-12-5-7-13(8-6-12)25-17(18,19)20/h3-9,11H,10H2,1-2H3,(H,21,23). The molecule has 1 aromatic carbocycles. The van der Waals surface area contributed by atoms with E-state index in [2.05, 4.69) is 10.1 Å². The lowest BCUT2D eigenvalue weighted by molar-refractivity contribution is -0.274. The van der Waals surface area contributed by atoms with Crippen molar-refractivity contribution < 1.29 is 27.5 Å². The Hall–Kier alpha value is -2.55. The molecule has 0 saturated carbocycles. The van der Waals surface area contributed by atoms with E-state index in [0.717, 1.165) is 0 Å². The van der Waals surface area contributed by atoms with Crippen molar-refractivity contribution >= 4 is 23.2 Å². The highest BCUT2D eigenvalue weighted by atomic mass is 32.1. The third kappa shape index (κ3) is 5.76. The van der Waals surface area contributed by atoms with Gasteiger partial charge in [-0.1, -0.05) is 18.2 Å². The number of hydrogen-bond acceptors (Lipinski definition) is 4. The van der Waals surface area contributed by atoms with Crippen LogP contribution in [0.5, 0.6) is 5.75 Å². The van der Waals surface area contributed by atoms with Gasteiger partial charge >= 0.3 is 6.36 Å². The van der Waals surface area contributed by atoms with Gasteiger partial charge in [0.1, 0.15) is 11.8 Å². The van der Waals surface area contributed by atoms with E-state index in [0.29, 0.717) is 10.4 Å². The predicted octanol–water partition coefficient (Wildman–Crippen LogP) is 3.42. The summed E-state index contributed by atoms with van der Waals surface area (Å²) in [7, 11) is 1.55. The molecule has 1 aromatic heterocycles. The van der Waals surface area contributed by atoms with E-state index < -0.39 is 12.4 Å². The molecule has 0 bridgehead atoms. The second-order valence-corrected chi connectivity index (χ2v) is 6.51. The molecule has 1 heterocycles. The van der Waals surface area contributed by atoms with Crippen LogP contribution in [-0.4, -0.2) is 36.2 Å². The highest BCUT2D eigenvalue weighted by Crippen LogP contribution is 2.23.